The van der Waals surface area contributed by atoms with E-state index in [0.29, 0.717) is 18.3 Å². The Bertz CT molecular complexity index is 725. The van der Waals surface area contributed by atoms with Crippen molar-refractivity contribution < 1.29 is 14.3 Å². The second-order valence-corrected chi connectivity index (χ2v) is 6.39. The summed E-state index contributed by atoms with van der Waals surface area (Å²) >= 11 is 1.43. The Morgan fingerprint density at radius 2 is 2.17 bits per heavy atom. The number of carbonyl (C=O) groups excluding carboxylic acids is 1. The maximum atomic E-state index is 12.1. The third-order valence-corrected chi connectivity index (χ3v) is 4.71. The zero-order chi connectivity index (χ0) is 15.6. The van der Waals surface area contributed by atoms with Crippen molar-refractivity contribution >= 4 is 22.4 Å². The highest BCUT2D eigenvalue weighted by atomic mass is 32.1. The van der Waals surface area contributed by atoms with Crippen molar-refractivity contribution in [2.24, 2.45) is 0 Å². The van der Waals surface area contributed by atoms with Crippen LogP contribution in [0.3, 0.4) is 0 Å². The van der Waals surface area contributed by atoms with Crippen LogP contribution in [-0.2, 0) is 4.79 Å². The molecule has 0 radical (unpaired) electrons. The summed E-state index contributed by atoms with van der Waals surface area (Å²) in [7, 11) is 0. The number of nitrogens with zero attached hydrogens (tertiary/aromatic N) is 1. The van der Waals surface area contributed by atoms with Crippen LogP contribution in [0.5, 0.6) is 11.5 Å². The molecule has 0 saturated carbocycles. The first-order chi connectivity index (χ1) is 11.3. The van der Waals surface area contributed by atoms with Gasteiger partial charge in [0.1, 0.15) is 13.2 Å². The minimum Gasteiger partial charge on any atom is -0.486 e. The van der Waals surface area contributed by atoms with E-state index in [4.69, 9.17) is 9.47 Å². The van der Waals surface area contributed by atoms with Gasteiger partial charge in [-0.3, -0.25) is 4.79 Å². The zero-order valence-corrected chi connectivity index (χ0v) is 13.3. The lowest BCUT2D eigenvalue weighted by Crippen LogP contribution is -2.35. The molecule has 2 N–H and O–H groups in total. The molecule has 1 saturated heterocycles. The first kappa shape index (κ1) is 14.5. The Kier molecular flexibility index (Phi) is 3.88. The number of fused-ring (bicyclic) bond motifs is 1. The van der Waals surface area contributed by atoms with Crippen LogP contribution in [-0.4, -0.2) is 36.7 Å². The number of benzene rings is 1. The molecule has 6 nitrogen and oxygen atoms in total. The average molecular weight is 331 g/mol. The van der Waals surface area contributed by atoms with Gasteiger partial charge in [0.15, 0.2) is 16.6 Å². The van der Waals surface area contributed by atoms with Gasteiger partial charge in [-0.15, -0.1) is 11.3 Å². The highest BCUT2D eigenvalue weighted by molar-refractivity contribution is 7.14. The number of aromatic nitrogens is 1. The molecular formula is C16H17N3O3S. The van der Waals surface area contributed by atoms with Gasteiger partial charge in [0.05, 0.1) is 11.7 Å². The van der Waals surface area contributed by atoms with E-state index < -0.39 is 0 Å². The molecule has 0 aliphatic carbocycles. The predicted octanol–water partition coefficient (Wildman–Crippen LogP) is 2.27. The van der Waals surface area contributed by atoms with Crippen LogP contribution in [0.2, 0.25) is 0 Å². The largest absolute Gasteiger partial charge is 0.486 e. The number of hydrogen-bond acceptors (Lipinski definition) is 6. The molecule has 4 rings (SSSR count). The van der Waals surface area contributed by atoms with E-state index in [-0.39, 0.29) is 11.9 Å². The van der Waals surface area contributed by atoms with E-state index in [2.05, 4.69) is 15.6 Å². The highest BCUT2D eigenvalue weighted by Crippen LogP contribution is 2.35. The van der Waals surface area contributed by atoms with Crippen molar-refractivity contribution in [3.05, 3.63) is 23.6 Å². The number of ether oxygens (including phenoxy) is 2. The van der Waals surface area contributed by atoms with Gasteiger partial charge in [-0.25, -0.2) is 4.98 Å². The fourth-order valence-corrected chi connectivity index (χ4v) is 3.49. The van der Waals surface area contributed by atoms with Crippen molar-refractivity contribution in [2.75, 3.05) is 25.1 Å². The normalized spacial score (nSPS) is 19.6. The standard InChI is InChI=1S/C16H17N3O3S/c20-15(11-2-1-5-17-11)19-16-18-12(9-23-16)10-3-4-13-14(8-10)22-7-6-21-13/h3-4,8-9,11,17H,1-2,5-7H2,(H,18,19,20). The Morgan fingerprint density at radius 1 is 1.30 bits per heavy atom. The molecule has 120 valence electrons. The van der Waals surface area contributed by atoms with Gasteiger partial charge in [0.25, 0.3) is 0 Å². The lowest BCUT2D eigenvalue weighted by atomic mass is 10.1. The number of nitrogens with one attached hydrogen (secondary N) is 2. The van der Waals surface area contributed by atoms with Crippen molar-refractivity contribution in [1.29, 1.82) is 0 Å². The smallest absolute Gasteiger partial charge is 0.243 e. The summed E-state index contributed by atoms with van der Waals surface area (Å²) in [5.74, 6) is 1.49. The summed E-state index contributed by atoms with van der Waals surface area (Å²) in [4.78, 5) is 16.6. The van der Waals surface area contributed by atoms with Crippen molar-refractivity contribution in [1.82, 2.24) is 10.3 Å². The number of anilines is 1. The topological polar surface area (TPSA) is 72.5 Å². The number of thiazole rings is 1. The van der Waals surface area contributed by atoms with Gasteiger partial charge < -0.3 is 20.1 Å². The predicted molar refractivity (Wildman–Crippen MR) is 88.2 cm³/mol. The van der Waals surface area contributed by atoms with Crippen LogP contribution in [0.4, 0.5) is 5.13 Å². The maximum absolute atomic E-state index is 12.1. The van der Waals surface area contributed by atoms with Crippen molar-refractivity contribution in [3.8, 4) is 22.8 Å². The quantitative estimate of drug-likeness (QED) is 0.903. The minimum atomic E-state index is -0.100. The molecule has 0 bridgehead atoms. The van der Waals surface area contributed by atoms with Crippen LogP contribution in [0.15, 0.2) is 23.6 Å². The van der Waals surface area contributed by atoms with Crippen LogP contribution in [0.1, 0.15) is 12.8 Å². The SMILES string of the molecule is O=C(Nc1nc(-c2ccc3c(c2)OCCO3)cs1)C1CCCN1. The summed E-state index contributed by atoms with van der Waals surface area (Å²) in [5, 5.41) is 8.62. The lowest BCUT2D eigenvalue weighted by Gasteiger charge is -2.18. The number of carbonyl (C=O) groups is 1. The highest BCUT2D eigenvalue weighted by Gasteiger charge is 2.23. The number of hydrogen-bond donors (Lipinski definition) is 2. The summed E-state index contributed by atoms with van der Waals surface area (Å²) in [6.45, 7) is 2.04. The maximum Gasteiger partial charge on any atom is 0.243 e. The molecule has 2 aromatic rings. The minimum absolute atomic E-state index is 0.00873. The molecule has 2 aliphatic rings. The molecule has 2 aliphatic heterocycles. The molecule has 1 amide bonds. The summed E-state index contributed by atoms with van der Waals surface area (Å²) in [5.41, 5.74) is 1.77. The first-order valence-corrected chi connectivity index (χ1v) is 8.57. The van der Waals surface area contributed by atoms with E-state index in [1.807, 2.05) is 23.6 Å². The number of amides is 1. The fourth-order valence-electron chi connectivity index (χ4n) is 2.77. The van der Waals surface area contributed by atoms with E-state index in [1.54, 1.807) is 0 Å². The van der Waals surface area contributed by atoms with E-state index >= 15 is 0 Å². The van der Waals surface area contributed by atoms with Gasteiger partial charge in [-0.05, 0) is 37.6 Å². The van der Waals surface area contributed by atoms with Gasteiger partial charge in [-0.1, -0.05) is 0 Å². The molecule has 0 spiro atoms. The Balaban J connectivity index is 1.50. The third-order valence-electron chi connectivity index (χ3n) is 3.95. The van der Waals surface area contributed by atoms with Crippen LogP contribution < -0.4 is 20.1 Å². The molecular weight excluding hydrogens is 314 g/mol. The Morgan fingerprint density at radius 3 is 3.00 bits per heavy atom. The van der Waals surface area contributed by atoms with Crippen LogP contribution in [0, 0.1) is 0 Å². The van der Waals surface area contributed by atoms with Gasteiger partial charge in [-0.2, -0.15) is 0 Å². The molecule has 1 aromatic heterocycles. The Labute approximate surface area is 137 Å². The van der Waals surface area contributed by atoms with Crippen molar-refractivity contribution in [3.63, 3.8) is 0 Å². The fraction of sp³-hybridized carbons (Fsp3) is 0.375. The van der Waals surface area contributed by atoms with E-state index in [9.17, 15) is 4.79 Å². The second-order valence-electron chi connectivity index (χ2n) is 5.53. The first-order valence-electron chi connectivity index (χ1n) is 7.69. The second kappa shape index (κ2) is 6.17. The summed E-state index contributed by atoms with van der Waals surface area (Å²) in [6.07, 6.45) is 1.92. The van der Waals surface area contributed by atoms with Crippen molar-refractivity contribution in [2.45, 2.75) is 18.9 Å². The van der Waals surface area contributed by atoms with Gasteiger partial charge in [0, 0.05) is 10.9 Å². The van der Waals surface area contributed by atoms with E-state index in [0.717, 1.165) is 42.1 Å². The monoisotopic (exact) mass is 331 g/mol. The zero-order valence-electron chi connectivity index (χ0n) is 12.5. The molecule has 7 heteroatoms. The molecule has 1 aromatic carbocycles. The molecule has 1 unspecified atom stereocenters. The molecule has 3 heterocycles. The van der Waals surface area contributed by atoms with Crippen LogP contribution in [0.25, 0.3) is 11.3 Å². The van der Waals surface area contributed by atoms with Crippen LogP contribution >= 0.6 is 11.3 Å². The van der Waals surface area contributed by atoms with Gasteiger partial charge >= 0.3 is 0 Å². The summed E-state index contributed by atoms with van der Waals surface area (Å²) < 4.78 is 11.1. The average Bonchev–Trinajstić information content (AvgIpc) is 3.26. The number of rotatable bonds is 3. The molecule has 1 fully saturated rings. The molecule has 1 atom stereocenters. The summed E-state index contributed by atoms with van der Waals surface area (Å²) in [6, 6.07) is 5.67. The lowest BCUT2D eigenvalue weighted by molar-refractivity contribution is -0.117. The molecule has 23 heavy (non-hydrogen) atoms. The van der Waals surface area contributed by atoms with Gasteiger partial charge in [0.2, 0.25) is 5.91 Å². The third kappa shape index (κ3) is 3.02. The Hall–Kier alpha value is -2.12. The van der Waals surface area contributed by atoms with E-state index in [1.165, 1.54) is 11.3 Å².